The van der Waals surface area contributed by atoms with E-state index >= 15 is 0 Å². The topological polar surface area (TPSA) is 59.8 Å². The van der Waals surface area contributed by atoms with Crippen LogP contribution in [0.25, 0.3) is 11.0 Å². The molecule has 0 N–H and O–H groups in total. The van der Waals surface area contributed by atoms with Gasteiger partial charge in [0.1, 0.15) is 11.3 Å². The van der Waals surface area contributed by atoms with Crippen LogP contribution in [-0.2, 0) is 24.2 Å². The predicted molar refractivity (Wildman–Crippen MR) is 105 cm³/mol. The minimum Gasteiger partial charge on any atom is -0.484 e. The summed E-state index contributed by atoms with van der Waals surface area (Å²) in [5.41, 5.74) is 2.35. The Balaban J connectivity index is 1.46. The highest BCUT2D eigenvalue weighted by Gasteiger charge is 2.21. The maximum absolute atomic E-state index is 12.5. The first-order valence-electron chi connectivity index (χ1n) is 9.16. The standard InChI is InChI=1S/C21H21NO4S/c1-2-3-14-10-21(24)26-18-11-16(4-5-17(14)18)25-13-20(23)22-8-6-19-15(12-22)7-9-27-19/h4-5,7,9-11H,2-3,6,8,12-13H2,1H3. The van der Waals surface area contributed by atoms with Gasteiger partial charge in [0.15, 0.2) is 6.61 Å². The Morgan fingerprint density at radius 3 is 3.04 bits per heavy atom. The molecule has 0 radical (unpaired) electrons. The van der Waals surface area contributed by atoms with E-state index < -0.39 is 0 Å². The summed E-state index contributed by atoms with van der Waals surface area (Å²) in [6.07, 6.45) is 2.67. The van der Waals surface area contributed by atoms with E-state index in [9.17, 15) is 9.59 Å². The highest BCUT2D eigenvalue weighted by molar-refractivity contribution is 7.10. The maximum atomic E-state index is 12.5. The van der Waals surface area contributed by atoms with E-state index in [-0.39, 0.29) is 18.1 Å². The lowest BCUT2D eigenvalue weighted by atomic mass is 10.1. The number of benzene rings is 1. The second kappa shape index (κ2) is 7.56. The zero-order valence-corrected chi connectivity index (χ0v) is 16.0. The summed E-state index contributed by atoms with van der Waals surface area (Å²) in [7, 11) is 0. The van der Waals surface area contributed by atoms with Crippen molar-refractivity contribution < 1.29 is 13.9 Å². The van der Waals surface area contributed by atoms with E-state index in [1.807, 2.05) is 17.0 Å². The Morgan fingerprint density at radius 2 is 2.19 bits per heavy atom. The van der Waals surface area contributed by atoms with E-state index in [4.69, 9.17) is 9.15 Å². The molecular weight excluding hydrogens is 362 g/mol. The number of hydrogen-bond acceptors (Lipinski definition) is 5. The van der Waals surface area contributed by atoms with Crippen LogP contribution in [-0.4, -0.2) is 24.0 Å². The van der Waals surface area contributed by atoms with Crippen LogP contribution in [0.5, 0.6) is 5.75 Å². The first kappa shape index (κ1) is 17.8. The second-order valence-corrected chi connectivity index (χ2v) is 7.72. The lowest BCUT2D eigenvalue weighted by Gasteiger charge is -2.27. The summed E-state index contributed by atoms with van der Waals surface area (Å²) >= 11 is 1.75. The van der Waals surface area contributed by atoms with Gasteiger partial charge in [0, 0.05) is 35.5 Å². The van der Waals surface area contributed by atoms with Crippen molar-refractivity contribution in [1.29, 1.82) is 0 Å². The third-order valence-corrected chi connectivity index (χ3v) is 5.87. The van der Waals surface area contributed by atoms with Crippen LogP contribution < -0.4 is 10.4 Å². The number of carbonyl (C=O) groups is 1. The smallest absolute Gasteiger partial charge is 0.336 e. The monoisotopic (exact) mass is 383 g/mol. The van der Waals surface area contributed by atoms with E-state index in [2.05, 4.69) is 18.4 Å². The van der Waals surface area contributed by atoms with Crippen molar-refractivity contribution in [3.63, 3.8) is 0 Å². The lowest BCUT2D eigenvalue weighted by Crippen LogP contribution is -2.38. The van der Waals surface area contributed by atoms with Gasteiger partial charge in [0.2, 0.25) is 0 Å². The molecule has 5 nitrogen and oxygen atoms in total. The molecule has 4 rings (SSSR count). The van der Waals surface area contributed by atoms with Gasteiger partial charge in [-0.1, -0.05) is 13.3 Å². The maximum Gasteiger partial charge on any atom is 0.336 e. The molecule has 1 aromatic carbocycles. The van der Waals surface area contributed by atoms with Gasteiger partial charge in [0.05, 0.1) is 0 Å². The van der Waals surface area contributed by atoms with Gasteiger partial charge < -0.3 is 14.1 Å². The van der Waals surface area contributed by atoms with Crippen LogP contribution >= 0.6 is 11.3 Å². The number of carbonyl (C=O) groups excluding carboxylic acids is 1. The van der Waals surface area contributed by atoms with Crippen LogP contribution in [0, 0.1) is 0 Å². The Labute approximate surface area is 161 Å². The average molecular weight is 383 g/mol. The molecular formula is C21H21NO4S. The molecule has 1 aliphatic heterocycles. The van der Waals surface area contributed by atoms with Crippen LogP contribution in [0.1, 0.15) is 29.3 Å². The molecule has 6 heteroatoms. The van der Waals surface area contributed by atoms with E-state index in [1.165, 1.54) is 10.4 Å². The number of nitrogens with zero attached hydrogens (tertiary/aromatic N) is 1. The molecule has 0 unspecified atom stereocenters. The predicted octanol–water partition coefficient (Wildman–Crippen LogP) is 3.77. The molecule has 2 aromatic heterocycles. The van der Waals surface area contributed by atoms with Crippen molar-refractivity contribution in [3.8, 4) is 5.75 Å². The molecule has 0 atom stereocenters. The number of hydrogen-bond donors (Lipinski definition) is 0. The Hall–Kier alpha value is -2.60. The molecule has 0 saturated carbocycles. The van der Waals surface area contributed by atoms with Gasteiger partial charge in [-0.3, -0.25) is 4.79 Å². The fourth-order valence-corrected chi connectivity index (χ4v) is 4.36. The normalized spacial score (nSPS) is 13.6. The second-order valence-electron chi connectivity index (χ2n) is 6.72. The summed E-state index contributed by atoms with van der Waals surface area (Å²) in [4.78, 5) is 27.5. The van der Waals surface area contributed by atoms with Crippen molar-refractivity contribution in [3.05, 3.63) is 62.1 Å². The summed E-state index contributed by atoms with van der Waals surface area (Å²) in [5, 5.41) is 2.99. The summed E-state index contributed by atoms with van der Waals surface area (Å²) in [6, 6.07) is 9.03. The molecule has 0 fully saturated rings. The number of aryl methyl sites for hydroxylation is 1. The van der Waals surface area contributed by atoms with Crippen molar-refractivity contribution >= 4 is 28.2 Å². The molecule has 140 valence electrons. The molecule has 0 saturated heterocycles. The number of fused-ring (bicyclic) bond motifs is 2. The molecule has 3 heterocycles. The minimum absolute atomic E-state index is 0.0239. The van der Waals surface area contributed by atoms with Crippen molar-refractivity contribution in [1.82, 2.24) is 4.90 Å². The van der Waals surface area contributed by atoms with Gasteiger partial charge in [-0.15, -0.1) is 11.3 Å². The largest absolute Gasteiger partial charge is 0.484 e. The SMILES string of the molecule is CCCc1cc(=O)oc2cc(OCC(=O)N3CCc4sccc4C3)ccc12. The molecule has 1 amide bonds. The molecule has 0 spiro atoms. The van der Waals surface area contributed by atoms with Gasteiger partial charge >= 0.3 is 5.63 Å². The molecule has 3 aromatic rings. The van der Waals surface area contributed by atoms with Gasteiger partial charge in [-0.2, -0.15) is 0 Å². The first-order chi connectivity index (χ1) is 13.1. The van der Waals surface area contributed by atoms with Crippen LogP contribution in [0.15, 0.2) is 44.9 Å². The third kappa shape index (κ3) is 3.76. The Bertz CT molecular complexity index is 1040. The van der Waals surface area contributed by atoms with Crippen LogP contribution in [0.4, 0.5) is 0 Å². The average Bonchev–Trinajstić information content (AvgIpc) is 3.13. The van der Waals surface area contributed by atoms with E-state index in [1.54, 1.807) is 23.5 Å². The lowest BCUT2D eigenvalue weighted by molar-refractivity contribution is -0.134. The minimum atomic E-state index is -0.362. The van der Waals surface area contributed by atoms with Gasteiger partial charge in [-0.25, -0.2) is 4.79 Å². The highest BCUT2D eigenvalue weighted by Crippen LogP contribution is 2.25. The number of thiophene rings is 1. The third-order valence-electron chi connectivity index (χ3n) is 4.84. The molecule has 27 heavy (non-hydrogen) atoms. The van der Waals surface area contributed by atoms with Crippen molar-refractivity contribution in [2.24, 2.45) is 0 Å². The quantitative estimate of drug-likeness (QED) is 0.629. The molecule has 1 aliphatic rings. The summed E-state index contributed by atoms with van der Waals surface area (Å²) < 4.78 is 11.0. The Kier molecular flexibility index (Phi) is 4.99. The number of ether oxygens (including phenoxy) is 1. The van der Waals surface area contributed by atoms with Crippen LogP contribution in [0.3, 0.4) is 0 Å². The van der Waals surface area contributed by atoms with Crippen molar-refractivity contribution in [2.75, 3.05) is 13.2 Å². The number of rotatable bonds is 5. The zero-order chi connectivity index (χ0) is 18.8. The Morgan fingerprint density at radius 1 is 1.30 bits per heavy atom. The fourth-order valence-electron chi connectivity index (χ4n) is 3.47. The number of amides is 1. The van der Waals surface area contributed by atoms with E-state index in [0.29, 0.717) is 17.9 Å². The van der Waals surface area contributed by atoms with Gasteiger partial charge in [0.25, 0.3) is 5.91 Å². The molecule has 0 aliphatic carbocycles. The zero-order valence-electron chi connectivity index (χ0n) is 15.2. The van der Waals surface area contributed by atoms with E-state index in [0.717, 1.165) is 36.8 Å². The van der Waals surface area contributed by atoms with Gasteiger partial charge in [-0.05, 0) is 47.5 Å². The fraction of sp³-hybridized carbons (Fsp3) is 0.333. The first-order valence-corrected chi connectivity index (χ1v) is 10.0. The summed E-state index contributed by atoms with van der Waals surface area (Å²) in [5.74, 6) is 0.494. The van der Waals surface area contributed by atoms with Crippen LogP contribution in [0.2, 0.25) is 0 Å². The highest BCUT2D eigenvalue weighted by atomic mass is 32.1. The van der Waals surface area contributed by atoms with Crippen molar-refractivity contribution in [2.45, 2.75) is 32.7 Å². The summed E-state index contributed by atoms with van der Waals surface area (Å²) in [6.45, 7) is 3.42. The molecule has 0 bridgehead atoms.